The Morgan fingerprint density at radius 1 is 1.08 bits per heavy atom. The number of carbonyl (C=O) groups is 2. The highest BCUT2D eigenvalue weighted by Crippen LogP contribution is 2.14. The van der Waals surface area contributed by atoms with Gasteiger partial charge in [0.25, 0.3) is 0 Å². The summed E-state index contributed by atoms with van der Waals surface area (Å²) in [5, 5.41) is 14.0. The van der Waals surface area contributed by atoms with E-state index in [1.54, 1.807) is 31.4 Å². The minimum absolute atomic E-state index is 0.0493. The molecule has 0 heterocycles. The van der Waals surface area contributed by atoms with Gasteiger partial charge in [-0.3, -0.25) is 9.59 Å². The van der Waals surface area contributed by atoms with Crippen LogP contribution in [0.15, 0.2) is 48.5 Å². The molecule has 6 heteroatoms. The van der Waals surface area contributed by atoms with Crippen molar-refractivity contribution in [3.63, 3.8) is 0 Å². The van der Waals surface area contributed by atoms with E-state index in [0.29, 0.717) is 25.1 Å². The summed E-state index contributed by atoms with van der Waals surface area (Å²) in [6.07, 6.45) is 0.824. The second kappa shape index (κ2) is 9.84. The van der Waals surface area contributed by atoms with E-state index in [1.165, 1.54) is 0 Å². The van der Waals surface area contributed by atoms with Crippen LogP contribution in [0.25, 0.3) is 0 Å². The molecular formula is C20H21N3O3. The monoisotopic (exact) mass is 351 g/mol. The number of hydrogen-bond donors (Lipinski definition) is 2. The zero-order valence-corrected chi connectivity index (χ0v) is 14.6. The number of aryl methyl sites for hydroxylation is 1. The Morgan fingerprint density at radius 3 is 2.62 bits per heavy atom. The summed E-state index contributed by atoms with van der Waals surface area (Å²) in [7, 11) is 1.61. The quantitative estimate of drug-likeness (QED) is 0.765. The largest absolute Gasteiger partial charge is 0.497 e. The molecule has 2 N–H and O–H groups in total. The molecule has 0 aliphatic carbocycles. The second-order valence-corrected chi connectivity index (χ2v) is 5.71. The predicted octanol–water partition coefficient (Wildman–Crippen LogP) is 2.80. The number of nitrogens with zero attached hydrogens (tertiary/aromatic N) is 1. The summed E-state index contributed by atoms with van der Waals surface area (Å²) >= 11 is 0. The highest BCUT2D eigenvalue weighted by atomic mass is 16.5. The maximum absolute atomic E-state index is 12.0. The third-order valence-electron chi connectivity index (χ3n) is 3.71. The minimum atomic E-state index is -0.355. The molecule has 0 spiro atoms. The van der Waals surface area contributed by atoms with Crippen LogP contribution in [0.1, 0.15) is 24.0 Å². The van der Waals surface area contributed by atoms with Crippen LogP contribution in [0.3, 0.4) is 0 Å². The molecule has 2 rings (SSSR count). The molecule has 0 radical (unpaired) electrons. The number of methoxy groups -OCH3 is 1. The molecule has 134 valence electrons. The van der Waals surface area contributed by atoms with Gasteiger partial charge in [0.1, 0.15) is 12.2 Å². The van der Waals surface area contributed by atoms with Gasteiger partial charge < -0.3 is 15.4 Å². The van der Waals surface area contributed by atoms with Crippen molar-refractivity contribution in [1.29, 1.82) is 5.26 Å². The Kier molecular flexibility index (Phi) is 7.19. The molecule has 0 aromatic heterocycles. The molecule has 2 aromatic carbocycles. The van der Waals surface area contributed by atoms with Gasteiger partial charge in [-0.2, -0.15) is 5.26 Å². The van der Waals surface area contributed by atoms with E-state index >= 15 is 0 Å². The molecular weight excluding hydrogens is 330 g/mol. The standard InChI is InChI=1S/C20H21N3O3/c1-26-18-7-3-4-15(13-18)8-9-19(24)22-14-16-5-2-6-17(12-16)23-20(25)10-11-21/h2-7,12-13H,8-10,14H2,1H3,(H,22,24)(H,23,25). The summed E-state index contributed by atoms with van der Waals surface area (Å²) in [6, 6.07) is 16.6. The van der Waals surface area contributed by atoms with Gasteiger partial charge in [-0.15, -0.1) is 0 Å². The number of amides is 2. The van der Waals surface area contributed by atoms with E-state index in [2.05, 4.69) is 10.6 Å². The number of rotatable bonds is 8. The van der Waals surface area contributed by atoms with Crippen molar-refractivity contribution in [2.75, 3.05) is 12.4 Å². The van der Waals surface area contributed by atoms with Gasteiger partial charge in [-0.25, -0.2) is 0 Å². The van der Waals surface area contributed by atoms with Crippen LogP contribution in [0.5, 0.6) is 5.75 Å². The Hall–Kier alpha value is -3.33. The van der Waals surface area contributed by atoms with Gasteiger partial charge >= 0.3 is 0 Å². The van der Waals surface area contributed by atoms with E-state index in [1.807, 2.05) is 30.3 Å². The van der Waals surface area contributed by atoms with Crippen LogP contribution in [0.2, 0.25) is 0 Å². The van der Waals surface area contributed by atoms with Crippen molar-refractivity contribution >= 4 is 17.5 Å². The lowest BCUT2D eigenvalue weighted by Gasteiger charge is -2.08. The fourth-order valence-corrected chi connectivity index (χ4v) is 2.41. The fourth-order valence-electron chi connectivity index (χ4n) is 2.41. The molecule has 0 bridgehead atoms. The predicted molar refractivity (Wildman–Crippen MR) is 98.5 cm³/mol. The topological polar surface area (TPSA) is 91.2 Å². The molecule has 0 fully saturated rings. The Morgan fingerprint density at radius 2 is 1.85 bits per heavy atom. The Labute approximate surface area is 152 Å². The summed E-state index contributed by atoms with van der Waals surface area (Å²) in [5.74, 6) is 0.372. The molecule has 2 amide bonds. The molecule has 0 saturated heterocycles. The van der Waals surface area contributed by atoms with Crippen molar-refractivity contribution < 1.29 is 14.3 Å². The van der Waals surface area contributed by atoms with Crippen LogP contribution in [-0.4, -0.2) is 18.9 Å². The zero-order valence-electron chi connectivity index (χ0n) is 14.6. The van der Waals surface area contributed by atoms with E-state index in [4.69, 9.17) is 10.00 Å². The molecule has 26 heavy (non-hydrogen) atoms. The normalized spacial score (nSPS) is 9.85. The highest BCUT2D eigenvalue weighted by molar-refractivity contribution is 5.92. The van der Waals surface area contributed by atoms with Crippen molar-refractivity contribution in [1.82, 2.24) is 5.32 Å². The van der Waals surface area contributed by atoms with Crippen molar-refractivity contribution in [2.24, 2.45) is 0 Å². The molecule has 0 unspecified atom stereocenters. The van der Waals surface area contributed by atoms with Crippen LogP contribution in [-0.2, 0) is 22.6 Å². The SMILES string of the molecule is COc1cccc(CCC(=O)NCc2cccc(NC(=O)CC#N)c2)c1. The first-order chi connectivity index (χ1) is 12.6. The lowest BCUT2D eigenvalue weighted by molar-refractivity contribution is -0.121. The number of nitriles is 1. The zero-order chi connectivity index (χ0) is 18.8. The summed E-state index contributed by atoms with van der Waals surface area (Å²) in [4.78, 5) is 23.5. The highest BCUT2D eigenvalue weighted by Gasteiger charge is 2.05. The number of anilines is 1. The molecule has 0 atom stereocenters. The van der Waals surface area contributed by atoms with Crippen LogP contribution in [0, 0.1) is 11.3 Å². The van der Waals surface area contributed by atoms with Crippen LogP contribution >= 0.6 is 0 Å². The third-order valence-corrected chi connectivity index (χ3v) is 3.71. The number of nitrogens with one attached hydrogen (secondary N) is 2. The molecule has 6 nitrogen and oxygen atoms in total. The lowest BCUT2D eigenvalue weighted by atomic mass is 10.1. The number of carbonyl (C=O) groups excluding carboxylic acids is 2. The lowest BCUT2D eigenvalue weighted by Crippen LogP contribution is -2.23. The first kappa shape index (κ1) is 19.0. The number of hydrogen-bond acceptors (Lipinski definition) is 4. The van der Waals surface area contributed by atoms with Crippen molar-refractivity contribution in [2.45, 2.75) is 25.8 Å². The van der Waals surface area contributed by atoms with Gasteiger partial charge in [0, 0.05) is 18.7 Å². The molecule has 2 aromatic rings. The van der Waals surface area contributed by atoms with Gasteiger partial charge in [-0.05, 0) is 41.8 Å². The second-order valence-electron chi connectivity index (χ2n) is 5.71. The van der Waals surface area contributed by atoms with E-state index < -0.39 is 0 Å². The van der Waals surface area contributed by atoms with Gasteiger partial charge in [0.15, 0.2) is 0 Å². The number of ether oxygens (including phenoxy) is 1. The molecule has 0 aliphatic heterocycles. The summed E-state index contributed by atoms with van der Waals surface area (Å²) < 4.78 is 5.17. The van der Waals surface area contributed by atoms with E-state index in [9.17, 15) is 9.59 Å². The van der Waals surface area contributed by atoms with E-state index in [0.717, 1.165) is 16.9 Å². The smallest absolute Gasteiger partial charge is 0.238 e. The van der Waals surface area contributed by atoms with E-state index in [-0.39, 0.29) is 18.2 Å². The van der Waals surface area contributed by atoms with Crippen LogP contribution < -0.4 is 15.4 Å². The molecule has 0 saturated carbocycles. The maximum Gasteiger partial charge on any atom is 0.238 e. The summed E-state index contributed by atoms with van der Waals surface area (Å²) in [6.45, 7) is 0.374. The van der Waals surface area contributed by atoms with Crippen molar-refractivity contribution in [3.8, 4) is 11.8 Å². The fraction of sp³-hybridized carbons (Fsp3) is 0.250. The average molecular weight is 351 g/mol. The van der Waals surface area contributed by atoms with Crippen LogP contribution in [0.4, 0.5) is 5.69 Å². The molecule has 0 aliphatic rings. The minimum Gasteiger partial charge on any atom is -0.497 e. The third kappa shape index (κ3) is 6.29. The summed E-state index contributed by atoms with van der Waals surface area (Å²) in [5.41, 5.74) is 2.52. The van der Waals surface area contributed by atoms with Gasteiger partial charge in [0.05, 0.1) is 13.2 Å². The average Bonchev–Trinajstić information content (AvgIpc) is 2.65. The first-order valence-corrected chi connectivity index (χ1v) is 8.26. The maximum atomic E-state index is 12.0. The number of benzene rings is 2. The van der Waals surface area contributed by atoms with Gasteiger partial charge in [0.2, 0.25) is 11.8 Å². The van der Waals surface area contributed by atoms with Gasteiger partial charge in [-0.1, -0.05) is 24.3 Å². The van der Waals surface area contributed by atoms with Crippen molar-refractivity contribution in [3.05, 3.63) is 59.7 Å². The Balaban J connectivity index is 1.81. The Bertz CT molecular complexity index is 812. The first-order valence-electron chi connectivity index (χ1n) is 8.26.